The standard InChI is InChI=1S/C20H22O5/c1-5-25-17-9-7-6-8-14(17)10-11-16(21)15-12-18(22-2)20(24-4)19(13-15)23-3/h6-13H,5H2,1-4H3/b11-10+. The number of carbonyl (C=O) groups is 1. The molecule has 0 heterocycles. The molecule has 0 aliphatic rings. The van der Waals surface area contributed by atoms with Crippen LogP contribution in [0.1, 0.15) is 22.8 Å². The largest absolute Gasteiger partial charge is 0.493 e. The lowest BCUT2D eigenvalue weighted by Gasteiger charge is -2.13. The molecular formula is C20H22O5. The quantitative estimate of drug-likeness (QED) is 0.536. The van der Waals surface area contributed by atoms with E-state index in [1.165, 1.54) is 27.4 Å². The Morgan fingerprint density at radius 1 is 0.960 bits per heavy atom. The molecule has 2 aromatic carbocycles. The molecule has 0 aliphatic heterocycles. The Balaban J connectivity index is 2.32. The summed E-state index contributed by atoms with van der Waals surface area (Å²) < 4.78 is 21.4. The second kappa shape index (κ2) is 8.78. The van der Waals surface area contributed by atoms with Gasteiger partial charge in [-0.3, -0.25) is 4.79 Å². The van der Waals surface area contributed by atoms with Crippen LogP contribution in [0.3, 0.4) is 0 Å². The molecule has 0 aromatic heterocycles. The van der Waals surface area contributed by atoms with E-state index in [0.29, 0.717) is 29.4 Å². The highest BCUT2D eigenvalue weighted by molar-refractivity contribution is 6.07. The van der Waals surface area contributed by atoms with Crippen molar-refractivity contribution in [2.24, 2.45) is 0 Å². The summed E-state index contributed by atoms with van der Waals surface area (Å²) in [7, 11) is 4.55. The van der Waals surface area contributed by atoms with Crippen LogP contribution in [0.2, 0.25) is 0 Å². The Morgan fingerprint density at radius 3 is 2.16 bits per heavy atom. The molecule has 0 saturated carbocycles. The van der Waals surface area contributed by atoms with Gasteiger partial charge in [0.05, 0.1) is 27.9 Å². The predicted molar refractivity (Wildman–Crippen MR) is 97.1 cm³/mol. The molecule has 2 aromatic rings. The summed E-state index contributed by atoms with van der Waals surface area (Å²) in [5.41, 5.74) is 1.28. The molecule has 25 heavy (non-hydrogen) atoms. The number of hydrogen-bond donors (Lipinski definition) is 0. The van der Waals surface area contributed by atoms with E-state index < -0.39 is 0 Å². The van der Waals surface area contributed by atoms with Crippen LogP contribution in [0.25, 0.3) is 6.08 Å². The highest BCUT2D eigenvalue weighted by Gasteiger charge is 2.15. The molecule has 0 saturated heterocycles. The van der Waals surface area contributed by atoms with Gasteiger partial charge in [0.25, 0.3) is 0 Å². The number of allylic oxidation sites excluding steroid dienone is 1. The molecule has 5 heteroatoms. The minimum Gasteiger partial charge on any atom is -0.493 e. The average molecular weight is 342 g/mol. The summed E-state index contributed by atoms with van der Waals surface area (Å²) in [6, 6.07) is 10.8. The van der Waals surface area contributed by atoms with E-state index in [0.717, 1.165) is 11.3 Å². The third-order valence-corrected chi connectivity index (χ3v) is 3.58. The Labute approximate surface area is 147 Å². The highest BCUT2D eigenvalue weighted by Crippen LogP contribution is 2.38. The van der Waals surface area contributed by atoms with E-state index in [2.05, 4.69) is 0 Å². The van der Waals surface area contributed by atoms with Gasteiger partial charge >= 0.3 is 0 Å². The number of ether oxygens (including phenoxy) is 4. The molecule has 0 N–H and O–H groups in total. The molecule has 0 unspecified atom stereocenters. The van der Waals surface area contributed by atoms with Gasteiger partial charge in [0.2, 0.25) is 5.75 Å². The first kappa shape index (κ1) is 18.4. The average Bonchev–Trinajstić information content (AvgIpc) is 2.65. The molecule has 132 valence electrons. The minimum atomic E-state index is -0.175. The molecular weight excluding hydrogens is 320 g/mol. The van der Waals surface area contributed by atoms with Crippen molar-refractivity contribution in [2.75, 3.05) is 27.9 Å². The fourth-order valence-electron chi connectivity index (χ4n) is 2.39. The summed E-state index contributed by atoms with van der Waals surface area (Å²) >= 11 is 0. The zero-order valence-electron chi connectivity index (χ0n) is 14.9. The number of para-hydroxylation sites is 1. The van der Waals surface area contributed by atoms with Gasteiger partial charge in [0.1, 0.15) is 5.75 Å². The number of carbonyl (C=O) groups excluding carboxylic acids is 1. The van der Waals surface area contributed by atoms with Crippen LogP contribution in [0.15, 0.2) is 42.5 Å². The third-order valence-electron chi connectivity index (χ3n) is 3.58. The molecule has 0 radical (unpaired) electrons. The molecule has 0 amide bonds. The van der Waals surface area contributed by atoms with Crippen LogP contribution in [0.4, 0.5) is 0 Å². The van der Waals surface area contributed by atoms with E-state index >= 15 is 0 Å². The van der Waals surface area contributed by atoms with Crippen molar-refractivity contribution in [3.05, 3.63) is 53.6 Å². The zero-order valence-corrected chi connectivity index (χ0v) is 14.9. The van der Waals surface area contributed by atoms with E-state index in [1.807, 2.05) is 31.2 Å². The number of methoxy groups -OCH3 is 3. The maximum Gasteiger partial charge on any atom is 0.203 e. The lowest BCUT2D eigenvalue weighted by molar-refractivity contribution is 0.104. The van der Waals surface area contributed by atoms with Crippen molar-refractivity contribution < 1.29 is 23.7 Å². The van der Waals surface area contributed by atoms with E-state index in [1.54, 1.807) is 18.2 Å². The van der Waals surface area contributed by atoms with E-state index in [-0.39, 0.29) is 5.78 Å². The normalized spacial score (nSPS) is 10.6. The second-order valence-electron chi connectivity index (χ2n) is 5.08. The lowest BCUT2D eigenvalue weighted by atomic mass is 10.1. The predicted octanol–water partition coefficient (Wildman–Crippen LogP) is 4.01. The van der Waals surface area contributed by atoms with Crippen LogP contribution in [0, 0.1) is 0 Å². The van der Waals surface area contributed by atoms with Gasteiger partial charge in [-0.05, 0) is 37.3 Å². The van der Waals surface area contributed by atoms with Gasteiger partial charge in [-0.1, -0.05) is 18.2 Å². The van der Waals surface area contributed by atoms with Gasteiger partial charge in [-0.2, -0.15) is 0 Å². The van der Waals surface area contributed by atoms with Crippen molar-refractivity contribution >= 4 is 11.9 Å². The molecule has 0 fully saturated rings. The van der Waals surface area contributed by atoms with Crippen LogP contribution in [-0.4, -0.2) is 33.7 Å². The summed E-state index contributed by atoms with van der Waals surface area (Å²) in [6.07, 6.45) is 3.23. The molecule has 0 aliphatic carbocycles. The molecule has 0 spiro atoms. The van der Waals surface area contributed by atoms with E-state index in [9.17, 15) is 4.79 Å². The van der Waals surface area contributed by atoms with Gasteiger partial charge in [-0.15, -0.1) is 0 Å². The Hall–Kier alpha value is -2.95. The SMILES string of the molecule is CCOc1ccccc1/C=C/C(=O)c1cc(OC)c(OC)c(OC)c1. The van der Waals surface area contributed by atoms with Crippen molar-refractivity contribution in [3.63, 3.8) is 0 Å². The Morgan fingerprint density at radius 2 is 1.60 bits per heavy atom. The van der Waals surface area contributed by atoms with Gasteiger partial charge in [0, 0.05) is 11.1 Å². The van der Waals surface area contributed by atoms with Crippen molar-refractivity contribution in [1.82, 2.24) is 0 Å². The van der Waals surface area contributed by atoms with Gasteiger partial charge < -0.3 is 18.9 Å². The van der Waals surface area contributed by atoms with Crippen LogP contribution >= 0.6 is 0 Å². The smallest absolute Gasteiger partial charge is 0.203 e. The van der Waals surface area contributed by atoms with Crippen molar-refractivity contribution in [1.29, 1.82) is 0 Å². The zero-order chi connectivity index (χ0) is 18.2. The Kier molecular flexibility index (Phi) is 6.46. The highest BCUT2D eigenvalue weighted by atomic mass is 16.5. The van der Waals surface area contributed by atoms with Crippen LogP contribution in [-0.2, 0) is 0 Å². The molecule has 0 atom stereocenters. The monoisotopic (exact) mass is 342 g/mol. The summed E-state index contributed by atoms with van der Waals surface area (Å²) in [5.74, 6) is 1.89. The first-order chi connectivity index (χ1) is 12.1. The Bertz CT molecular complexity index is 739. The number of hydrogen-bond acceptors (Lipinski definition) is 5. The number of ketones is 1. The fourth-order valence-corrected chi connectivity index (χ4v) is 2.39. The van der Waals surface area contributed by atoms with Gasteiger partial charge in [-0.25, -0.2) is 0 Å². The van der Waals surface area contributed by atoms with E-state index in [4.69, 9.17) is 18.9 Å². The van der Waals surface area contributed by atoms with Crippen LogP contribution < -0.4 is 18.9 Å². The van der Waals surface area contributed by atoms with Crippen molar-refractivity contribution in [3.8, 4) is 23.0 Å². The summed E-state index contributed by atoms with van der Waals surface area (Å²) in [4.78, 5) is 12.5. The second-order valence-corrected chi connectivity index (χ2v) is 5.08. The number of benzene rings is 2. The minimum absolute atomic E-state index is 0.175. The third kappa shape index (κ3) is 4.32. The molecule has 5 nitrogen and oxygen atoms in total. The topological polar surface area (TPSA) is 54.0 Å². The molecule has 0 bridgehead atoms. The first-order valence-electron chi connectivity index (χ1n) is 7.88. The lowest BCUT2D eigenvalue weighted by Crippen LogP contribution is -2.00. The maximum absolute atomic E-state index is 12.5. The van der Waals surface area contributed by atoms with Crippen molar-refractivity contribution in [2.45, 2.75) is 6.92 Å². The number of rotatable bonds is 8. The maximum atomic E-state index is 12.5. The fraction of sp³-hybridized carbons (Fsp3) is 0.250. The summed E-state index contributed by atoms with van der Waals surface area (Å²) in [5, 5.41) is 0. The van der Waals surface area contributed by atoms with Crippen LogP contribution in [0.5, 0.6) is 23.0 Å². The summed E-state index contributed by atoms with van der Waals surface area (Å²) in [6.45, 7) is 2.48. The first-order valence-corrected chi connectivity index (χ1v) is 7.88. The van der Waals surface area contributed by atoms with Gasteiger partial charge in [0.15, 0.2) is 17.3 Å². The molecule has 2 rings (SSSR count).